The first-order valence-corrected chi connectivity index (χ1v) is 7.94. The second-order valence-corrected chi connectivity index (χ2v) is 5.87. The third kappa shape index (κ3) is 3.66. The Bertz CT molecular complexity index is 793. The molecule has 0 aliphatic heterocycles. The molecule has 22 heavy (non-hydrogen) atoms. The molecule has 0 fully saturated rings. The van der Waals surface area contributed by atoms with Crippen LogP contribution in [0.25, 0.3) is 10.6 Å². The van der Waals surface area contributed by atoms with Gasteiger partial charge in [0.05, 0.1) is 0 Å². The average Bonchev–Trinajstić information content (AvgIpc) is 2.96. The minimum atomic E-state index is -0.392. The molecule has 3 aromatic heterocycles. The highest BCUT2D eigenvalue weighted by atomic mass is 79.9. The summed E-state index contributed by atoms with van der Waals surface area (Å²) in [5.41, 5.74) is 0.960. The van der Waals surface area contributed by atoms with Crippen molar-refractivity contribution in [3.8, 4) is 10.6 Å². The standard InChI is InChI=1S/C14H10BrN5OS/c15-10-2-1-3-11(17-10)19-14(21)20-12-8-22-13(18-12)9-4-6-16-7-5-9/h1-8H,(H2,17,19,20,21). The van der Waals surface area contributed by atoms with Crippen LogP contribution in [0, 0.1) is 0 Å². The van der Waals surface area contributed by atoms with Crippen molar-refractivity contribution in [2.75, 3.05) is 10.6 Å². The van der Waals surface area contributed by atoms with Crippen LogP contribution in [0.3, 0.4) is 0 Å². The second-order valence-electron chi connectivity index (χ2n) is 4.20. The summed E-state index contributed by atoms with van der Waals surface area (Å²) < 4.78 is 0.652. The van der Waals surface area contributed by atoms with E-state index in [0.717, 1.165) is 10.6 Å². The quantitative estimate of drug-likeness (QED) is 0.677. The fourth-order valence-corrected chi connectivity index (χ4v) is 2.80. The number of pyridine rings is 2. The number of nitrogens with one attached hydrogen (secondary N) is 2. The molecule has 0 saturated heterocycles. The van der Waals surface area contributed by atoms with E-state index in [1.165, 1.54) is 11.3 Å². The van der Waals surface area contributed by atoms with Crippen LogP contribution in [0.4, 0.5) is 16.4 Å². The van der Waals surface area contributed by atoms with Gasteiger partial charge in [0.2, 0.25) is 0 Å². The molecule has 0 spiro atoms. The van der Waals surface area contributed by atoms with Gasteiger partial charge in [-0.3, -0.25) is 15.6 Å². The molecule has 8 heteroatoms. The number of aromatic nitrogens is 3. The zero-order valence-electron chi connectivity index (χ0n) is 11.2. The molecule has 0 aliphatic rings. The zero-order chi connectivity index (χ0) is 15.4. The predicted molar refractivity (Wildman–Crippen MR) is 89.9 cm³/mol. The molecule has 0 aromatic carbocycles. The smallest absolute Gasteiger partial charge is 0.292 e. The summed E-state index contributed by atoms with van der Waals surface area (Å²) >= 11 is 4.70. The minimum absolute atomic E-state index is 0.392. The van der Waals surface area contributed by atoms with Gasteiger partial charge in [0.25, 0.3) is 0 Å². The number of anilines is 2. The lowest BCUT2D eigenvalue weighted by Gasteiger charge is -2.04. The van der Waals surface area contributed by atoms with Gasteiger partial charge < -0.3 is 0 Å². The third-order valence-electron chi connectivity index (χ3n) is 2.63. The number of hydrogen-bond acceptors (Lipinski definition) is 5. The van der Waals surface area contributed by atoms with Gasteiger partial charge in [-0.2, -0.15) is 0 Å². The van der Waals surface area contributed by atoms with Gasteiger partial charge in [-0.05, 0) is 40.2 Å². The number of halogens is 1. The van der Waals surface area contributed by atoms with E-state index in [-0.39, 0.29) is 0 Å². The largest absolute Gasteiger partial charge is 0.326 e. The van der Waals surface area contributed by atoms with Crippen LogP contribution in [0.2, 0.25) is 0 Å². The predicted octanol–water partition coefficient (Wildman–Crippen LogP) is 4.01. The van der Waals surface area contributed by atoms with Crippen molar-refractivity contribution in [1.29, 1.82) is 0 Å². The van der Waals surface area contributed by atoms with E-state index < -0.39 is 6.03 Å². The van der Waals surface area contributed by atoms with Crippen LogP contribution >= 0.6 is 27.3 Å². The Morgan fingerprint density at radius 1 is 1.05 bits per heavy atom. The zero-order valence-corrected chi connectivity index (χ0v) is 13.6. The van der Waals surface area contributed by atoms with E-state index >= 15 is 0 Å². The number of hydrogen-bond donors (Lipinski definition) is 2. The maximum atomic E-state index is 11.9. The van der Waals surface area contributed by atoms with Crippen LogP contribution < -0.4 is 10.6 Å². The molecule has 3 rings (SSSR count). The Labute approximate surface area is 138 Å². The van der Waals surface area contributed by atoms with Crippen molar-refractivity contribution < 1.29 is 4.79 Å². The molecule has 0 bridgehead atoms. The average molecular weight is 376 g/mol. The topological polar surface area (TPSA) is 79.8 Å². The van der Waals surface area contributed by atoms with Crippen molar-refractivity contribution in [2.45, 2.75) is 0 Å². The number of nitrogens with zero attached hydrogens (tertiary/aromatic N) is 3. The van der Waals surface area contributed by atoms with E-state index in [1.807, 2.05) is 12.1 Å². The molecule has 0 unspecified atom stereocenters. The highest BCUT2D eigenvalue weighted by Crippen LogP contribution is 2.25. The summed E-state index contributed by atoms with van der Waals surface area (Å²) in [4.78, 5) is 24.4. The molecular formula is C14H10BrN5OS. The number of urea groups is 1. The molecule has 2 N–H and O–H groups in total. The van der Waals surface area contributed by atoms with Crippen molar-refractivity contribution >= 4 is 44.9 Å². The van der Waals surface area contributed by atoms with E-state index in [2.05, 4.69) is 41.5 Å². The summed E-state index contributed by atoms with van der Waals surface area (Å²) in [6, 6.07) is 8.62. The molecule has 2 amide bonds. The maximum Gasteiger partial charge on any atom is 0.326 e. The second kappa shape index (κ2) is 6.63. The number of thiazole rings is 1. The summed E-state index contributed by atoms with van der Waals surface area (Å²) in [5.74, 6) is 0.945. The third-order valence-corrected chi connectivity index (χ3v) is 3.96. The minimum Gasteiger partial charge on any atom is -0.292 e. The van der Waals surface area contributed by atoms with Crippen LogP contribution in [0.1, 0.15) is 0 Å². The molecule has 0 saturated carbocycles. The number of carbonyl (C=O) groups excluding carboxylic acids is 1. The van der Waals surface area contributed by atoms with Crippen LogP contribution in [-0.2, 0) is 0 Å². The van der Waals surface area contributed by atoms with E-state index in [9.17, 15) is 4.79 Å². The summed E-state index contributed by atoms with van der Waals surface area (Å²) in [5, 5.41) is 7.92. The van der Waals surface area contributed by atoms with Gasteiger partial charge >= 0.3 is 6.03 Å². The van der Waals surface area contributed by atoms with Gasteiger partial charge in [-0.25, -0.2) is 14.8 Å². The van der Waals surface area contributed by atoms with E-state index in [0.29, 0.717) is 16.2 Å². The Kier molecular flexibility index (Phi) is 4.40. The van der Waals surface area contributed by atoms with Crippen molar-refractivity contribution in [3.63, 3.8) is 0 Å². The lowest BCUT2D eigenvalue weighted by molar-refractivity contribution is 0.262. The highest BCUT2D eigenvalue weighted by molar-refractivity contribution is 9.10. The molecule has 3 aromatic rings. The van der Waals surface area contributed by atoms with Gasteiger partial charge in [0.1, 0.15) is 21.2 Å². The SMILES string of the molecule is O=C(Nc1cccc(Br)n1)Nc1csc(-c2ccncc2)n1. The van der Waals surface area contributed by atoms with Crippen molar-refractivity contribution in [3.05, 3.63) is 52.7 Å². The van der Waals surface area contributed by atoms with Crippen LogP contribution in [-0.4, -0.2) is 21.0 Å². The van der Waals surface area contributed by atoms with Crippen LogP contribution in [0.15, 0.2) is 52.7 Å². The first-order valence-electron chi connectivity index (χ1n) is 6.27. The van der Waals surface area contributed by atoms with Crippen molar-refractivity contribution in [2.24, 2.45) is 0 Å². The normalized spacial score (nSPS) is 10.2. The monoisotopic (exact) mass is 375 g/mol. The lowest BCUT2D eigenvalue weighted by Crippen LogP contribution is -2.20. The Balaban J connectivity index is 1.66. The number of amides is 2. The Morgan fingerprint density at radius 2 is 1.82 bits per heavy atom. The summed E-state index contributed by atoms with van der Waals surface area (Å²) in [7, 11) is 0. The molecule has 3 heterocycles. The molecule has 0 aliphatic carbocycles. The van der Waals surface area contributed by atoms with E-state index in [4.69, 9.17) is 0 Å². The highest BCUT2D eigenvalue weighted by Gasteiger charge is 2.08. The van der Waals surface area contributed by atoms with Crippen LogP contribution in [0.5, 0.6) is 0 Å². The fraction of sp³-hybridized carbons (Fsp3) is 0. The molecule has 110 valence electrons. The van der Waals surface area contributed by atoms with Gasteiger partial charge in [0.15, 0.2) is 0 Å². The lowest BCUT2D eigenvalue weighted by atomic mass is 10.3. The number of rotatable bonds is 3. The van der Waals surface area contributed by atoms with Gasteiger partial charge in [-0.1, -0.05) is 6.07 Å². The number of carbonyl (C=O) groups is 1. The first kappa shape index (κ1) is 14.6. The molecule has 6 nitrogen and oxygen atoms in total. The Hall–Kier alpha value is -2.32. The summed E-state index contributed by atoms with van der Waals surface area (Å²) in [6.45, 7) is 0. The summed E-state index contributed by atoms with van der Waals surface area (Å²) in [6.07, 6.45) is 3.41. The first-order chi connectivity index (χ1) is 10.7. The van der Waals surface area contributed by atoms with Gasteiger partial charge in [-0.15, -0.1) is 11.3 Å². The maximum absolute atomic E-state index is 11.9. The molecule has 0 radical (unpaired) electrons. The Morgan fingerprint density at radius 3 is 2.59 bits per heavy atom. The van der Waals surface area contributed by atoms with Gasteiger partial charge in [0, 0.05) is 23.3 Å². The van der Waals surface area contributed by atoms with Crippen molar-refractivity contribution in [1.82, 2.24) is 15.0 Å². The van der Waals surface area contributed by atoms with E-state index in [1.54, 1.807) is 36.0 Å². The molecule has 0 atom stereocenters. The fourth-order valence-electron chi connectivity index (χ4n) is 1.70. The molecular weight excluding hydrogens is 366 g/mol.